The van der Waals surface area contributed by atoms with E-state index in [1.54, 1.807) is 13.8 Å². The number of aryl methyl sites for hydroxylation is 2. The lowest BCUT2D eigenvalue weighted by Gasteiger charge is -2.31. The maximum atomic E-state index is 13.1. The Morgan fingerprint density at radius 1 is 1.24 bits per heavy atom. The van der Waals surface area contributed by atoms with E-state index in [4.69, 9.17) is 4.52 Å². The second-order valence-corrected chi connectivity index (χ2v) is 10.4. The molecule has 2 fully saturated rings. The van der Waals surface area contributed by atoms with E-state index in [1.165, 1.54) is 17.1 Å². The Bertz CT molecular complexity index is 795. The Morgan fingerprint density at radius 2 is 1.93 bits per heavy atom. The molecule has 0 radical (unpaired) electrons. The Kier molecular flexibility index (Phi) is 7.01. The van der Waals surface area contributed by atoms with Gasteiger partial charge in [0.15, 0.2) is 5.76 Å². The molecule has 164 valence electrons. The van der Waals surface area contributed by atoms with Gasteiger partial charge in [-0.1, -0.05) is 19.0 Å². The van der Waals surface area contributed by atoms with Crippen LogP contribution >= 0.6 is 0 Å². The van der Waals surface area contributed by atoms with Crippen LogP contribution < -0.4 is 0 Å². The second-order valence-electron chi connectivity index (χ2n) is 8.55. The van der Waals surface area contributed by atoms with E-state index in [-0.39, 0.29) is 22.8 Å². The largest absolute Gasteiger partial charge is 0.360 e. The molecule has 2 aliphatic rings. The summed E-state index contributed by atoms with van der Waals surface area (Å²) in [5.74, 6) is 0.315. The Labute approximate surface area is 174 Å². The van der Waals surface area contributed by atoms with Crippen LogP contribution in [0.1, 0.15) is 51.0 Å². The van der Waals surface area contributed by atoms with Gasteiger partial charge < -0.3 is 14.3 Å². The summed E-state index contributed by atoms with van der Waals surface area (Å²) in [4.78, 5) is 17.4. The van der Waals surface area contributed by atoms with Gasteiger partial charge in [0.2, 0.25) is 15.9 Å². The minimum absolute atomic E-state index is 0.0845. The van der Waals surface area contributed by atoms with Crippen molar-refractivity contribution in [2.24, 2.45) is 5.92 Å². The van der Waals surface area contributed by atoms with Crippen molar-refractivity contribution < 1.29 is 17.7 Å². The highest BCUT2D eigenvalue weighted by atomic mass is 32.2. The summed E-state index contributed by atoms with van der Waals surface area (Å²) < 4.78 is 32.8. The normalized spacial score (nSPS) is 21.3. The summed E-state index contributed by atoms with van der Waals surface area (Å²) in [6.07, 6.45) is 4.09. The molecule has 3 rings (SSSR count). The molecule has 9 heteroatoms. The smallest absolute Gasteiger partial charge is 0.248 e. The maximum absolute atomic E-state index is 13.1. The first-order chi connectivity index (χ1) is 13.7. The number of amides is 1. The molecule has 1 atom stereocenters. The number of nitrogens with zero attached hydrogens (tertiary/aromatic N) is 4. The van der Waals surface area contributed by atoms with Crippen molar-refractivity contribution in [3.8, 4) is 0 Å². The van der Waals surface area contributed by atoms with E-state index >= 15 is 0 Å². The number of hydrogen-bond acceptors (Lipinski definition) is 6. The molecular formula is C20H34N4O4S. The van der Waals surface area contributed by atoms with Gasteiger partial charge in [-0.25, -0.2) is 8.42 Å². The van der Waals surface area contributed by atoms with Crippen LogP contribution in [-0.4, -0.2) is 78.9 Å². The standard InChI is InChI=1S/C20H34N4O4S/c1-15(2)20(25)24(12-7-11-22-9-5-6-10-22)18-8-13-23(14-18)29(26,27)19-16(3)21-28-17(19)4/h15,18H,5-14H2,1-4H3. The molecule has 0 aliphatic carbocycles. The zero-order valence-electron chi connectivity index (χ0n) is 18.1. The number of likely N-dealkylation sites (tertiary alicyclic amines) is 1. The highest BCUT2D eigenvalue weighted by Crippen LogP contribution is 2.28. The molecular weight excluding hydrogens is 392 g/mol. The molecule has 29 heavy (non-hydrogen) atoms. The van der Waals surface area contributed by atoms with Gasteiger partial charge in [-0.15, -0.1) is 0 Å². The molecule has 8 nitrogen and oxygen atoms in total. The van der Waals surface area contributed by atoms with Crippen LogP contribution in [0.4, 0.5) is 0 Å². The summed E-state index contributed by atoms with van der Waals surface area (Å²) >= 11 is 0. The van der Waals surface area contributed by atoms with Gasteiger partial charge in [0, 0.05) is 31.6 Å². The number of rotatable bonds is 8. The first-order valence-corrected chi connectivity index (χ1v) is 12.1. The summed E-state index contributed by atoms with van der Waals surface area (Å²) in [6.45, 7) is 11.8. The van der Waals surface area contributed by atoms with Gasteiger partial charge >= 0.3 is 0 Å². The van der Waals surface area contributed by atoms with Crippen molar-refractivity contribution in [3.05, 3.63) is 11.5 Å². The van der Waals surface area contributed by atoms with Crippen LogP contribution in [0.5, 0.6) is 0 Å². The molecule has 3 heterocycles. The fourth-order valence-electron chi connectivity index (χ4n) is 4.43. The number of carbonyl (C=O) groups excluding carboxylic acids is 1. The number of carbonyl (C=O) groups is 1. The van der Waals surface area contributed by atoms with Crippen molar-refractivity contribution in [2.75, 3.05) is 39.3 Å². The average molecular weight is 427 g/mol. The number of hydrogen-bond donors (Lipinski definition) is 0. The van der Waals surface area contributed by atoms with Crippen molar-refractivity contribution >= 4 is 15.9 Å². The van der Waals surface area contributed by atoms with E-state index in [0.29, 0.717) is 37.5 Å². The third-order valence-corrected chi connectivity index (χ3v) is 8.09. The molecule has 0 bridgehead atoms. The van der Waals surface area contributed by atoms with Crippen LogP contribution in [0.3, 0.4) is 0 Å². The number of sulfonamides is 1. The molecule has 1 aromatic rings. The fraction of sp³-hybridized carbons (Fsp3) is 0.800. The molecule has 2 saturated heterocycles. The summed E-state index contributed by atoms with van der Waals surface area (Å²) in [7, 11) is -3.67. The molecule has 0 spiro atoms. The van der Waals surface area contributed by atoms with Crippen molar-refractivity contribution in [1.82, 2.24) is 19.3 Å². The van der Waals surface area contributed by atoms with Crippen LogP contribution in [-0.2, 0) is 14.8 Å². The maximum Gasteiger partial charge on any atom is 0.248 e. The quantitative estimate of drug-likeness (QED) is 0.632. The predicted octanol–water partition coefficient (Wildman–Crippen LogP) is 2.02. The SMILES string of the molecule is Cc1noc(C)c1S(=O)(=O)N1CCC(N(CCCN2CCCC2)C(=O)C(C)C)C1. The second kappa shape index (κ2) is 9.14. The molecule has 1 unspecified atom stereocenters. The minimum Gasteiger partial charge on any atom is -0.360 e. The summed E-state index contributed by atoms with van der Waals surface area (Å²) in [5, 5.41) is 3.79. The van der Waals surface area contributed by atoms with E-state index in [1.807, 2.05) is 18.7 Å². The van der Waals surface area contributed by atoms with Crippen molar-refractivity contribution in [2.45, 2.75) is 64.3 Å². The molecule has 0 saturated carbocycles. The van der Waals surface area contributed by atoms with Crippen molar-refractivity contribution in [3.63, 3.8) is 0 Å². The highest BCUT2D eigenvalue weighted by Gasteiger charge is 2.39. The lowest BCUT2D eigenvalue weighted by Crippen LogP contribution is -2.45. The zero-order chi connectivity index (χ0) is 21.2. The fourth-order valence-corrected chi connectivity index (χ4v) is 6.21. The average Bonchev–Trinajstić information content (AvgIpc) is 3.40. The topological polar surface area (TPSA) is 87.0 Å². The van der Waals surface area contributed by atoms with Crippen LogP contribution in [0.25, 0.3) is 0 Å². The summed E-state index contributed by atoms with van der Waals surface area (Å²) in [6, 6.07) is -0.0845. The van der Waals surface area contributed by atoms with E-state index in [9.17, 15) is 13.2 Å². The predicted molar refractivity (Wildman–Crippen MR) is 110 cm³/mol. The van der Waals surface area contributed by atoms with Crippen LogP contribution in [0.2, 0.25) is 0 Å². The Hall–Kier alpha value is -1.45. The van der Waals surface area contributed by atoms with Gasteiger partial charge in [0.25, 0.3) is 0 Å². The van der Waals surface area contributed by atoms with Gasteiger partial charge in [0.05, 0.1) is 0 Å². The Balaban J connectivity index is 1.68. The zero-order valence-corrected chi connectivity index (χ0v) is 18.9. The van der Waals surface area contributed by atoms with Crippen molar-refractivity contribution in [1.29, 1.82) is 0 Å². The van der Waals surface area contributed by atoms with Gasteiger partial charge in [-0.05, 0) is 59.2 Å². The first kappa shape index (κ1) is 22.2. The lowest BCUT2D eigenvalue weighted by molar-refractivity contribution is -0.136. The Morgan fingerprint density at radius 3 is 2.52 bits per heavy atom. The lowest BCUT2D eigenvalue weighted by atomic mass is 10.1. The van der Waals surface area contributed by atoms with E-state index in [0.717, 1.165) is 26.1 Å². The monoisotopic (exact) mass is 426 g/mol. The van der Waals surface area contributed by atoms with Gasteiger partial charge in [0.1, 0.15) is 10.6 Å². The first-order valence-electron chi connectivity index (χ1n) is 10.7. The third kappa shape index (κ3) is 4.83. The van der Waals surface area contributed by atoms with E-state index < -0.39 is 10.0 Å². The van der Waals surface area contributed by atoms with Gasteiger partial charge in [-0.2, -0.15) is 4.31 Å². The van der Waals surface area contributed by atoms with Gasteiger partial charge in [-0.3, -0.25) is 4.79 Å². The van der Waals surface area contributed by atoms with Crippen LogP contribution in [0.15, 0.2) is 9.42 Å². The molecule has 0 aromatic carbocycles. The molecule has 0 N–H and O–H groups in total. The minimum atomic E-state index is -3.67. The highest BCUT2D eigenvalue weighted by molar-refractivity contribution is 7.89. The van der Waals surface area contributed by atoms with Crippen LogP contribution in [0, 0.1) is 19.8 Å². The molecule has 1 amide bonds. The van der Waals surface area contributed by atoms with E-state index in [2.05, 4.69) is 10.1 Å². The number of aromatic nitrogens is 1. The third-order valence-electron chi connectivity index (χ3n) is 5.98. The molecule has 2 aliphatic heterocycles. The summed E-state index contributed by atoms with van der Waals surface area (Å²) in [5.41, 5.74) is 0.381. The molecule has 1 aromatic heterocycles.